The van der Waals surface area contributed by atoms with Crippen LogP contribution in [0.15, 0.2) is 41.5 Å². The summed E-state index contributed by atoms with van der Waals surface area (Å²) in [7, 11) is -3.95. The van der Waals surface area contributed by atoms with Gasteiger partial charge in [0.2, 0.25) is 0 Å². The lowest BCUT2D eigenvalue weighted by molar-refractivity contribution is -0.750. The van der Waals surface area contributed by atoms with Gasteiger partial charge >= 0.3 is 0 Å². The van der Waals surface area contributed by atoms with Gasteiger partial charge in [-0.15, -0.1) is 0 Å². The molecule has 2 rings (SSSR count). The normalized spacial score (nSPS) is 11.6. The monoisotopic (exact) mass is 255 g/mol. The molecule has 0 spiro atoms. The number of aromatic nitrogens is 2. The lowest BCUT2D eigenvalue weighted by Gasteiger charge is -1.95. The predicted octanol–water partition coefficient (Wildman–Crippen LogP) is 0.517. The summed E-state index contributed by atoms with van der Waals surface area (Å²) in [5.41, 5.74) is 1.78. The Morgan fingerprint density at radius 2 is 2.18 bits per heavy atom. The third-order valence-electron chi connectivity index (χ3n) is 2.20. The van der Waals surface area contributed by atoms with Crippen molar-refractivity contribution in [3.05, 3.63) is 37.1 Å². The van der Waals surface area contributed by atoms with Crippen molar-refractivity contribution in [1.29, 1.82) is 0 Å². The van der Waals surface area contributed by atoms with E-state index < -0.39 is 10.1 Å². The molecule has 0 aliphatic rings. The van der Waals surface area contributed by atoms with Gasteiger partial charge in [0.15, 0.2) is 12.7 Å². The Balaban J connectivity index is 2.09. The first-order valence-electron chi connectivity index (χ1n) is 4.88. The number of nitrogens with zero attached hydrogens (tertiary/aromatic N) is 2. The van der Waals surface area contributed by atoms with Crippen molar-refractivity contribution in [3.8, 4) is 11.1 Å². The molecule has 1 N–H and O–H groups in total. The molecule has 0 saturated heterocycles. The van der Waals surface area contributed by atoms with Crippen LogP contribution in [0.5, 0.6) is 0 Å². The minimum Gasteiger partial charge on any atom is -0.472 e. The van der Waals surface area contributed by atoms with Crippen molar-refractivity contribution in [3.63, 3.8) is 0 Å². The molecule has 7 heteroatoms. The summed E-state index contributed by atoms with van der Waals surface area (Å²) in [5.74, 6) is -0.351. The maximum Gasteiger partial charge on any atom is 0.271 e. The van der Waals surface area contributed by atoms with Gasteiger partial charge in [0.1, 0.15) is 11.9 Å². The number of hydrogen-bond acceptors (Lipinski definition) is 4. The second kappa shape index (κ2) is 4.64. The number of aryl methyl sites for hydroxylation is 1. The van der Waals surface area contributed by atoms with Gasteiger partial charge in [0.05, 0.1) is 12.5 Å². The summed E-state index contributed by atoms with van der Waals surface area (Å²) < 4.78 is 36.1. The average Bonchev–Trinajstić information content (AvgIpc) is 2.79. The van der Waals surface area contributed by atoms with Crippen molar-refractivity contribution >= 4 is 10.1 Å². The van der Waals surface area contributed by atoms with Crippen molar-refractivity contribution in [2.75, 3.05) is 5.75 Å². The highest BCUT2D eigenvalue weighted by atomic mass is 32.2. The molecule has 0 fully saturated rings. The first-order valence-corrected chi connectivity index (χ1v) is 6.49. The molecule has 0 aliphatic carbocycles. The van der Waals surface area contributed by atoms with Crippen LogP contribution in [-0.4, -0.2) is 23.8 Å². The van der Waals surface area contributed by atoms with Crippen LogP contribution in [0, 0.1) is 0 Å². The van der Waals surface area contributed by atoms with Crippen LogP contribution in [0.25, 0.3) is 11.1 Å². The van der Waals surface area contributed by atoms with Crippen LogP contribution in [0.4, 0.5) is 0 Å². The van der Waals surface area contributed by atoms with Gasteiger partial charge in [-0.1, -0.05) is 4.68 Å². The van der Waals surface area contributed by atoms with Crippen LogP contribution in [0.2, 0.25) is 0 Å². The highest BCUT2D eigenvalue weighted by Gasteiger charge is 2.11. The first-order chi connectivity index (χ1) is 8.04. The molecule has 0 aliphatic heterocycles. The van der Waals surface area contributed by atoms with E-state index in [2.05, 4.69) is 5.10 Å². The molecule has 0 bridgehead atoms. The van der Waals surface area contributed by atoms with E-state index in [1.165, 1.54) is 4.68 Å². The lowest BCUT2D eigenvalue weighted by Crippen LogP contribution is -2.40. The maximum atomic E-state index is 10.6. The standard InChI is InChI=1S/C10H10N2O4S/c13-17(14,15)6-4-12-3-1-9(7-11-12)10-2-5-16-8-10/h1-3,5,7-8H,4,6H2/p+1. The molecule has 0 aromatic carbocycles. The van der Waals surface area contributed by atoms with Gasteiger partial charge in [-0.25, -0.2) is 0 Å². The Bertz CT molecular complexity index is 575. The Labute approximate surface area is 98.3 Å². The molecule has 0 unspecified atom stereocenters. The fourth-order valence-electron chi connectivity index (χ4n) is 1.32. The SMILES string of the molecule is O=S(=O)(O)CC[n+]1ccc(-c2ccoc2)cn1. The Kier molecular flexibility index (Phi) is 3.21. The molecule has 2 aromatic rings. The summed E-state index contributed by atoms with van der Waals surface area (Å²) in [6, 6.07) is 3.60. The summed E-state index contributed by atoms with van der Waals surface area (Å²) in [4.78, 5) is 0. The van der Waals surface area contributed by atoms with Gasteiger partial charge in [0.25, 0.3) is 10.1 Å². The quantitative estimate of drug-likeness (QED) is 0.636. The minimum atomic E-state index is -3.95. The highest BCUT2D eigenvalue weighted by molar-refractivity contribution is 7.85. The molecular weight excluding hydrogens is 244 g/mol. The van der Waals surface area contributed by atoms with Gasteiger partial charge in [-0.05, 0) is 11.2 Å². The number of hydrogen-bond donors (Lipinski definition) is 1. The second-order valence-corrected chi connectivity index (χ2v) is 5.05. The predicted molar refractivity (Wildman–Crippen MR) is 58.5 cm³/mol. The largest absolute Gasteiger partial charge is 0.472 e. The molecule has 0 amide bonds. The van der Waals surface area contributed by atoms with Crippen LogP contribution in [-0.2, 0) is 16.7 Å². The highest BCUT2D eigenvalue weighted by Crippen LogP contribution is 2.16. The van der Waals surface area contributed by atoms with Crippen molar-refractivity contribution in [2.45, 2.75) is 6.54 Å². The van der Waals surface area contributed by atoms with E-state index >= 15 is 0 Å². The molecular formula is C10H11N2O4S+. The van der Waals surface area contributed by atoms with Crippen LogP contribution in [0.1, 0.15) is 0 Å². The van der Waals surface area contributed by atoms with E-state index in [9.17, 15) is 8.42 Å². The molecule has 17 heavy (non-hydrogen) atoms. The van der Waals surface area contributed by atoms with Gasteiger partial charge < -0.3 is 4.42 Å². The van der Waals surface area contributed by atoms with E-state index in [1.54, 1.807) is 37.1 Å². The summed E-state index contributed by atoms with van der Waals surface area (Å²) in [5, 5.41) is 4.04. The summed E-state index contributed by atoms with van der Waals surface area (Å²) in [6.45, 7) is 0.116. The topological polar surface area (TPSA) is 84.3 Å². The van der Waals surface area contributed by atoms with Gasteiger partial charge in [-0.3, -0.25) is 4.55 Å². The fourth-order valence-corrected chi connectivity index (χ4v) is 1.74. The first kappa shape index (κ1) is 11.7. The number of rotatable bonds is 4. The van der Waals surface area contributed by atoms with Crippen molar-refractivity contribution in [1.82, 2.24) is 5.10 Å². The van der Waals surface area contributed by atoms with Gasteiger partial charge in [0, 0.05) is 17.2 Å². The van der Waals surface area contributed by atoms with Crippen molar-refractivity contribution < 1.29 is 22.1 Å². The molecule has 6 nitrogen and oxygen atoms in total. The van der Waals surface area contributed by atoms with Crippen molar-refractivity contribution in [2.24, 2.45) is 0 Å². The Morgan fingerprint density at radius 3 is 2.71 bits per heavy atom. The fraction of sp³-hybridized carbons (Fsp3) is 0.200. The molecule has 0 saturated carbocycles. The zero-order valence-electron chi connectivity index (χ0n) is 8.85. The number of furan rings is 1. The van der Waals surface area contributed by atoms with E-state index in [4.69, 9.17) is 8.97 Å². The zero-order valence-corrected chi connectivity index (χ0v) is 9.67. The summed E-state index contributed by atoms with van der Waals surface area (Å²) in [6.07, 6.45) is 6.41. The van der Waals surface area contributed by atoms with Crippen LogP contribution >= 0.6 is 0 Å². The molecule has 0 radical (unpaired) electrons. The van der Waals surface area contributed by atoms with E-state index in [0.717, 1.165) is 11.1 Å². The van der Waals surface area contributed by atoms with E-state index in [1.807, 2.05) is 0 Å². The molecule has 2 heterocycles. The summed E-state index contributed by atoms with van der Waals surface area (Å²) >= 11 is 0. The third kappa shape index (κ3) is 3.36. The molecule has 2 aromatic heterocycles. The lowest BCUT2D eigenvalue weighted by atomic mass is 10.2. The molecule has 90 valence electrons. The third-order valence-corrected chi connectivity index (χ3v) is 2.90. The zero-order chi connectivity index (χ0) is 12.3. The smallest absolute Gasteiger partial charge is 0.271 e. The second-order valence-electron chi connectivity index (χ2n) is 3.48. The van der Waals surface area contributed by atoms with E-state index in [-0.39, 0.29) is 12.3 Å². The molecule has 0 atom stereocenters. The maximum absolute atomic E-state index is 10.6. The minimum absolute atomic E-state index is 0.116. The Morgan fingerprint density at radius 1 is 1.35 bits per heavy atom. The van der Waals surface area contributed by atoms with E-state index in [0.29, 0.717) is 0 Å². The Hall–Kier alpha value is -1.73. The van der Waals surface area contributed by atoms with Crippen LogP contribution in [0.3, 0.4) is 0 Å². The van der Waals surface area contributed by atoms with Gasteiger partial charge in [-0.2, -0.15) is 8.42 Å². The average molecular weight is 255 g/mol. The van der Waals surface area contributed by atoms with Crippen LogP contribution < -0.4 is 4.68 Å².